The third-order valence-corrected chi connectivity index (χ3v) is 2.01. The highest BCUT2D eigenvalue weighted by atomic mass is 15.2. The molecule has 0 aromatic rings. The molecule has 0 aromatic heterocycles. The maximum Gasteiger partial charge on any atom is 0.0428 e. The molecule has 0 saturated carbocycles. The van der Waals surface area contributed by atoms with Crippen LogP contribution in [0.5, 0.6) is 0 Å². The molecule has 1 aliphatic heterocycles. The minimum atomic E-state index is 0.0809. The monoisotopic (exact) mass is 166 g/mol. The molecule has 0 aliphatic carbocycles. The van der Waals surface area contributed by atoms with Crippen molar-refractivity contribution >= 4 is 0 Å². The SMILES string of the molecule is CC(C)(C)N1C=CC(N)C=CC1. The number of hydrogen-bond donors (Lipinski definition) is 1. The molecule has 0 saturated heterocycles. The quantitative estimate of drug-likeness (QED) is 0.552. The van der Waals surface area contributed by atoms with Gasteiger partial charge in [-0.05, 0) is 33.0 Å². The van der Waals surface area contributed by atoms with Crippen molar-refractivity contribution in [1.29, 1.82) is 0 Å². The van der Waals surface area contributed by atoms with Crippen molar-refractivity contribution in [3.05, 3.63) is 24.4 Å². The second kappa shape index (κ2) is 3.31. The van der Waals surface area contributed by atoms with Crippen LogP contribution in [0.1, 0.15) is 20.8 Å². The van der Waals surface area contributed by atoms with Crippen molar-refractivity contribution in [2.45, 2.75) is 32.4 Å². The van der Waals surface area contributed by atoms with Gasteiger partial charge in [0.1, 0.15) is 0 Å². The second-order valence-corrected chi connectivity index (χ2v) is 4.17. The Morgan fingerprint density at radius 1 is 1.33 bits per heavy atom. The minimum Gasteiger partial charge on any atom is -0.369 e. The van der Waals surface area contributed by atoms with Gasteiger partial charge in [0, 0.05) is 18.1 Å². The first kappa shape index (κ1) is 9.33. The molecule has 12 heavy (non-hydrogen) atoms. The van der Waals surface area contributed by atoms with Crippen LogP contribution in [0.2, 0.25) is 0 Å². The van der Waals surface area contributed by atoms with Crippen LogP contribution in [0.4, 0.5) is 0 Å². The van der Waals surface area contributed by atoms with Gasteiger partial charge < -0.3 is 10.6 Å². The van der Waals surface area contributed by atoms with E-state index in [-0.39, 0.29) is 11.6 Å². The zero-order valence-corrected chi connectivity index (χ0v) is 8.12. The van der Waals surface area contributed by atoms with Crippen molar-refractivity contribution in [2.24, 2.45) is 5.73 Å². The second-order valence-electron chi connectivity index (χ2n) is 4.17. The largest absolute Gasteiger partial charge is 0.369 e. The van der Waals surface area contributed by atoms with Gasteiger partial charge in [-0.2, -0.15) is 0 Å². The van der Waals surface area contributed by atoms with Crippen LogP contribution in [0, 0.1) is 0 Å². The van der Waals surface area contributed by atoms with Crippen molar-refractivity contribution in [3.8, 4) is 0 Å². The molecule has 1 aliphatic rings. The third kappa shape index (κ3) is 2.38. The summed E-state index contributed by atoms with van der Waals surface area (Å²) in [6.45, 7) is 7.54. The summed E-state index contributed by atoms with van der Waals surface area (Å²) in [5, 5.41) is 0. The van der Waals surface area contributed by atoms with Gasteiger partial charge in [-0.1, -0.05) is 12.2 Å². The lowest BCUT2D eigenvalue weighted by Crippen LogP contribution is -2.36. The molecular formula is C10H18N2. The summed E-state index contributed by atoms with van der Waals surface area (Å²) in [5.74, 6) is 0. The first-order chi connectivity index (χ1) is 5.50. The first-order valence-electron chi connectivity index (χ1n) is 4.37. The van der Waals surface area contributed by atoms with Gasteiger partial charge in [-0.3, -0.25) is 0 Å². The van der Waals surface area contributed by atoms with Gasteiger partial charge in [0.25, 0.3) is 0 Å². The topological polar surface area (TPSA) is 29.3 Å². The van der Waals surface area contributed by atoms with E-state index < -0.39 is 0 Å². The molecule has 1 atom stereocenters. The molecule has 1 rings (SSSR count). The van der Waals surface area contributed by atoms with E-state index in [1.165, 1.54) is 0 Å². The predicted molar refractivity (Wildman–Crippen MR) is 52.7 cm³/mol. The molecule has 0 radical (unpaired) electrons. The molecule has 2 heteroatoms. The Morgan fingerprint density at radius 2 is 2.00 bits per heavy atom. The van der Waals surface area contributed by atoms with Gasteiger partial charge in [0.15, 0.2) is 0 Å². The van der Waals surface area contributed by atoms with Crippen LogP contribution in [-0.4, -0.2) is 23.0 Å². The van der Waals surface area contributed by atoms with Crippen LogP contribution in [0.3, 0.4) is 0 Å². The Labute approximate surface area is 74.7 Å². The fourth-order valence-corrected chi connectivity index (χ4v) is 1.16. The Bertz CT molecular complexity index is 198. The lowest BCUT2D eigenvalue weighted by Gasteiger charge is -2.33. The van der Waals surface area contributed by atoms with Crippen LogP contribution >= 0.6 is 0 Å². The zero-order chi connectivity index (χ0) is 9.19. The number of rotatable bonds is 0. The molecule has 1 heterocycles. The van der Waals surface area contributed by atoms with Crippen LogP contribution in [0.25, 0.3) is 0 Å². The van der Waals surface area contributed by atoms with E-state index in [1.807, 2.05) is 12.2 Å². The predicted octanol–water partition coefficient (Wildman–Crippen LogP) is 1.50. The Morgan fingerprint density at radius 3 is 2.58 bits per heavy atom. The lowest BCUT2D eigenvalue weighted by atomic mass is 10.1. The Balaban J connectivity index is 2.70. The summed E-state index contributed by atoms with van der Waals surface area (Å²) in [5.41, 5.74) is 5.93. The summed E-state index contributed by atoms with van der Waals surface area (Å²) in [4.78, 5) is 2.27. The van der Waals surface area contributed by atoms with Crippen molar-refractivity contribution in [2.75, 3.05) is 6.54 Å². The van der Waals surface area contributed by atoms with Crippen LogP contribution < -0.4 is 5.73 Å². The minimum absolute atomic E-state index is 0.0809. The Hall–Kier alpha value is -0.760. The van der Waals surface area contributed by atoms with E-state index in [2.05, 4.69) is 37.9 Å². The van der Waals surface area contributed by atoms with E-state index in [4.69, 9.17) is 5.73 Å². The first-order valence-corrected chi connectivity index (χ1v) is 4.37. The van der Waals surface area contributed by atoms with Crippen LogP contribution in [-0.2, 0) is 0 Å². The average Bonchev–Trinajstić information content (AvgIpc) is 2.11. The number of hydrogen-bond acceptors (Lipinski definition) is 2. The van der Waals surface area contributed by atoms with E-state index in [1.54, 1.807) is 0 Å². The van der Waals surface area contributed by atoms with Gasteiger partial charge in [0.2, 0.25) is 0 Å². The molecule has 0 fully saturated rings. The van der Waals surface area contributed by atoms with E-state index >= 15 is 0 Å². The standard InChI is InChI=1S/C10H18N2/c1-10(2,3)12-7-4-5-9(11)6-8-12/h4-6,8-9H,7,11H2,1-3H3. The molecule has 1 unspecified atom stereocenters. The maximum atomic E-state index is 5.74. The molecule has 0 spiro atoms. The van der Waals surface area contributed by atoms with E-state index in [9.17, 15) is 0 Å². The summed E-state index contributed by atoms with van der Waals surface area (Å²) in [6, 6.07) is 0.0809. The number of nitrogens with two attached hydrogens (primary N) is 1. The molecule has 2 nitrogen and oxygen atoms in total. The highest BCUT2D eigenvalue weighted by Crippen LogP contribution is 2.15. The van der Waals surface area contributed by atoms with Crippen molar-refractivity contribution in [3.63, 3.8) is 0 Å². The normalized spacial score (nSPS) is 24.3. The molecule has 68 valence electrons. The van der Waals surface area contributed by atoms with E-state index in [0.29, 0.717) is 0 Å². The Kier molecular flexibility index (Phi) is 2.58. The highest BCUT2D eigenvalue weighted by Gasteiger charge is 2.17. The molecule has 0 aromatic carbocycles. The summed E-state index contributed by atoms with van der Waals surface area (Å²) >= 11 is 0. The molecule has 2 N–H and O–H groups in total. The zero-order valence-electron chi connectivity index (χ0n) is 8.12. The maximum absolute atomic E-state index is 5.74. The fourth-order valence-electron chi connectivity index (χ4n) is 1.16. The highest BCUT2D eigenvalue weighted by molar-refractivity contribution is 5.10. The van der Waals surface area contributed by atoms with Gasteiger partial charge >= 0.3 is 0 Å². The lowest BCUT2D eigenvalue weighted by molar-refractivity contribution is 0.227. The average molecular weight is 166 g/mol. The van der Waals surface area contributed by atoms with Crippen molar-refractivity contribution < 1.29 is 0 Å². The third-order valence-electron chi connectivity index (χ3n) is 2.01. The van der Waals surface area contributed by atoms with Crippen molar-refractivity contribution in [1.82, 2.24) is 4.90 Å². The summed E-state index contributed by atoms with van der Waals surface area (Å²) in [6.07, 6.45) is 8.26. The van der Waals surface area contributed by atoms with Gasteiger partial charge in [-0.25, -0.2) is 0 Å². The summed E-state index contributed by atoms with van der Waals surface area (Å²) < 4.78 is 0. The molecule has 0 bridgehead atoms. The molecule has 0 amide bonds. The van der Waals surface area contributed by atoms with Crippen LogP contribution in [0.15, 0.2) is 24.4 Å². The molecular weight excluding hydrogens is 148 g/mol. The van der Waals surface area contributed by atoms with Gasteiger partial charge in [-0.15, -0.1) is 0 Å². The number of nitrogens with zero attached hydrogens (tertiary/aromatic N) is 1. The fraction of sp³-hybridized carbons (Fsp3) is 0.600. The smallest absolute Gasteiger partial charge is 0.0428 e. The van der Waals surface area contributed by atoms with Gasteiger partial charge in [0.05, 0.1) is 0 Å². The summed E-state index contributed by atoms with van der Waals surface area (Å²) in [7, 11) is 0. The van der Waals surface area contributed by atoms with E-state index in [0.717, 1.165) is 6.54 Å².